The summed E-state index contributed by atoms with van der Waals surface area (Å²) in [7, 11) is 2.02. The van der Waals surface area contributed by atoms with Crippen LogP contribution in [0.2, 0.25) is 0 Å². The van der Waals surface area contributed by atoms with Crippen molar-refractivity contribution in [1.29, 1.82) is 0 Å². The van der Waals surface area contributed by atoms with E-state index in [-0.39, 0.29) is 0 Å². The summed E-state index contributed by atoms with van der Waals surface area (Å²) >= 11 is 0. The Kier molecular flexibility index (Phi) is 3.69. The Morgan fingerprint density at radius 1 is 1.43 bits per heavy atom. The third kappa shape index (κ3) is 3.92. The van der Waals surface area contributed by atoms with Crippen LogP contribution in [-0.4, -0.2) is 16.1 Å². The van der Waals surface area contributed by atoms with E-state index in [0.717, 1.165) is 13.1 Å². The second-order valence-electron chi connectivity index (χ2n) is 4.98. The van der Waals surface area contributed by atoms with E-state index in [9.17, 15) is 0 Å². The van der Waals surface area contributed by atoms with Crippen LogP contribution in [0.4, 0.5) is 0 Å². The van der Waals surface area contributed by atoms with Gasteiger partial charge in [-0.05, 0) is 18.4 Å². The van der Waals surface area contributed by atoms with Gasteiger partial charge in [0, 0.05) is 19.8 Å². The van der Waals surface area contributed by atoms with E-state index in [1.54, 1.807) is 0 Å². The summed E-state index contributed by atoms with van der Waals surface area (Å²) in [6.07, 6.45) is 4.94. The minimum atomic E-state index is 0.416. The summed E-state index contributed by atoms with van der Waals surface area (Å²) in [5.41, 5.74) is 1.65. The summed E-state index contributed by atoms with van der Waals surface area (Å²) in [4.78, 5) is 4.07. The van der Waals surface area contributed by atoms with Gasteiger partial charge in [-0.1, -0.05) is 20.8 Å². The number of aryl methyl sites for hydroxylation is 1. The maximum Gasteiger partial charge on any atom is 0.0945 e. The first-order chi connectivity index (χ1) is 6.49. The molecule has 0 aliphatic heterocycles. The van der Waals surface area contributed by atoms with E-state index in [1.165, 1.54) is 12.1 Å². The quantitative estimate of drug-likeness (QED) is 0.744. The van der Waals surface area contributed by atoms with E-state index < -0.39 is 0 Å². The Bertz CT molecular complexity index is 270. The third-order valence-electron chi connectivity index (χ3n) is 2.27. The van der Waals surface area contributed by atoms with Crippen LogP contribution in [0.5, 0.6) is 0 Å². The first kappa shape index (κ1) is 11.2. The molecule has 1 heterocycles. The smallest absolute Gasteiger partial charge is 0.0945 e. The highest BCUT2D eigenvalue weighted by Gasteiger charge is 2.08. The van der Waals surface area contributed by atoms with Crippen LogP contribution in [0.25, 0.3) is 0 Å². The van der Waals surface area contributed by atoms with Crippen LogP contribution in [0.3, 0.4) is 0 Å². The summed E-state index contributed by atoms with van der Waals surface area (Å²) in [5, 5.41) is 3.42. The first-order valence-corrected chi connectivity index (χ1v) is 5.15. The SMILES string of the molecule is Cn1cncc1CNCCC(C)(C)C. The molecule has 0 unspecified atom stereocenters. The second kappa shape index (κ2) is 4.60. The molecule has 0 saturated carbocycles. The van der Waals surface area contributed by atoms with Crippen molar-refractivity contribution in [3.63, 3.8) is 0 Å². The molecule has 0 aromatic carbocycles. The largest absolute Gasteiger partial charge is 0.337 e. The average Bonchev–Trinajstić information content (AvgIpc) is 2.44. The van der Waals surface area contributed by atoms with Crippen molar-refractivity contribution >= 4 is 0 Å². The molecular formula is C11H21N3. The van der Waals surface area contributed by atoms with Crippen molar-refractivity contribution in [1.82, 2.24) is 14.9 Å². The van der Waals surface area contributed by atoms with E-state index in [4.69, 9.17) is 0 Å². The molecule has 1 aromatic heterocycles. The Balaban J connectivity index is 2.20. The van der Waals surface area contributed by atoms with E-state index in [1.807, 2.05) is 24.1 Å². The molecule has 0 aliphatic carbocycles. The zero-order valence-corrected chi connectivity index (χ0v) is 9.67. The zero-order chi connectivity index (χ0) is 10.6. The molecule has 0 radical (unpaired) electrons. The van der Waals surface area contributed by atoms with Gasteiger partial charge in [-0.2, -0.15) is 0 Å². The summed E-state index contributed by atoms with van der Waals surface area (Å²) in [6.45, 7) is 8.76. The summed E-state index contributed by atoms with van der Waals surface area (Å²) < 4.78 is 2.05. The zero-order valence-electron chi connectivity index (χ0n) is 9.67. The van der Waals surface area contributed by atoms with Crippen molar-refractivity contribution in [3.8, 4) is 0 Å². The fourth-order valence-electron chi connectivity index (χ4n) is 1.23. The van der Waals surface area contributed by atoms with Crippen molar-refractivity contribution in [2.75, 3.05) is 6.54 Å². The lowest BCUT2D eigenvalue weighted by molar-refractivity contribution is 0.366. The summed E-state index contributed by atoms with van der Waals surface area (Å²) in [5.74, 6) is 0. The molecule has 14 heavy (non-hydrogen) atoms. The number of rotatable bonds is 4. The van der Waals surface area contributed by atoms with Crippen LogP contribution < -0.4 is 5.32 Å². The Morgan fingerprint density at radius 2 is 2.14 bits per heavy atom. The van der Waals surface area contributed by atoms with Crippen LogP contribution in [0.15, 0.2) is 12.5 Å². The fourth-order valence-corrected chi connectivity index (χ4v) is 1.23. The second-order valence-corrected chi connectivity index (χ2v) is 4.98. The van der Waals surface area contributed by atoms with Gasteiger partial charge in [0.2, 0.25) is 0 Å². The molecule has 0 fully saturated rings. The lowest BCUT2D eigenvalue weighted by atomic mass is 9.92. The molecule has 1 N–H and O–H groups in total. The van der Waals surface area contributed by atoms with Gasteiger partial charge in [0.25, 0.3) is 0 Å². The minimum absolute atomic E-state index is 0.416. The third-order valence-corrected chi connectivity index (χ3v) is 2.27. The van der Waals surface area contributed by atoms with Crippen LogP contribution in [0.1, 0.15) is 32.9 Å². The van der Waals surface area contributed by atoms with Gasteiger partial charge in [-0.25, -0.2) is 4.98 Å². The Labute approximate surface area is 86.5 Å². The molecular weight excluding hydrogens is 174 g/mol. The molecule has 0 saturated heterocycles. The molecule has 3 heteroatoms. The molecule has 0 spiro atoms. The van der Waals surface area contributed by atoms with Crippen molar-refractivity contribution in [3.05, 3.63) is 18.2 Å². The number of nitrogens with zero attached hydrogens (tertiary/aromatic N) is 2. The van der Waals surface area contributed by atoms with Gasteiger partial charge < -0.3 is 9.88 Å². The number of hydrogen-bond acceptors (Lipinski definition) is 2. The predicted octanol–water partition coefficient (Wildman–Crippen LogP) is 1.95. The normalized spacial score (nSPS) is 12.0. The summed E-state index contributed by atoms with van der Waals surface area (Å²) in [6, 6.07) is 0. The monoisotopic (exact) mass is 195 g/mol. The predicted molar refractivity (Wildman–Crippen MR) is 59.0 cm³/mol. The highest BCUT2D eigenvalue weighted by Crippen LogP contribution is 2.16. The minimum Gasteiger partial charge on any atom is -0.337 e. The molecule has 1 aromatic rings. The Morgan fingerprint density at radius 3 is 2.64 bits per heavy atom. The molecule has 1 rings (SSSR count). The van der Waals surface area contributed by atoms with Crippen molar-refractivity contribution in [2.24, 2.45) is 12.5 Å². The first-order valence-electron chi connectivity index (χ1n) is 5.15. The van der Waals surface area contributed by atoms with Gasteiger partial charge in [-0.3, -0.25) is 0 Å². The average molecular weight is 195 g/mol. The number of imidazole rings is 1. The van der Waals surface area contributed by atoms with Crippen molar-refractivity contribution in [2.45, 2.75) is 33.7 Å². The highest BCUT2D eigenvalue weighted by atomic mass is 15.0. The maximum atomic E-state index is 4.07. The van der Waals surface area contributed by atoms with Gasteiger partial charge in [0.05, 0.1) is 12.0 Å². The van der Waals surface area contributed by atoms with Gasteiger partial charge in [0.1, 0.15) is 0 Å². The van der Waals surface area contributed by atoms with E-state index in [0.29, 0.717) is 5.41 Å². The molecule has 0 bridgehead atoms. The number of hydrogen-bond donors (Lipinski definition) is 1. The molecule has 80 valence electrons. The van der Waals surface area contributed by atoms with Crippen molar-refractivity contribution < 1.29 is 0 Å². The van der Waals surface area contributed by atoms with E-state index in [2.05, 4.69) is 31.1 Å². The van der Waals surface area contributed by atoms with Gasteiger partial charge in [-0.15, -0.1) is 0 Å². The topological polar surface area (TPSA) is 29.9 Å². The molecule has 0 aliphatic rings. The lowest BCUT2D eigenvalue weighted by Gasteiger charge is -2.18. The van der Waals surface area contributed by atoms with Crippen LogP contribution in [0, 0.1) is 5.41 Å². The molecule has 3 nitrogen and oxygen atoms in total. The standard InChI is InChI=1S/C11H21N3/c1-11(2,3)5-6-12-7-10-8-13-9-14(10)4/h8-9,12H,5-7H2,1-4H3. The number of nitrogens with one attached hydrogen (secondary N) is 1. The van der Waals surface area contributed by atoms with Crippen LogP contribution in [-0.2, 0) is 13.6 Å². The van der Waals surface area contributed by atoms with E-state index >= 15 is 0 Å². The Hall–Kier alpha value is -0.830. The fraction of sp³-hybridized carbons (Fsp3) is 0.727. The lowest BCUT2D eigenvalue weighted by Crippen LogP contribution is -2.21. The highest BCUT2D eigenvalue weighted by molar-refractivity contribution is 4.96. The number of aromatic nitrogens is 2. The maximum absolute atomic E-state index is 4.07. The molecule has 0 amide bonds. The van der Waals surface area contributed by atoms with Gasteiger partial charge >= 0.3 is 0 Å². The van der Waals surface area contributed by atoms with Crippen LogP contribution >= 0.6 is 0 Å². The molecule has 0 atom stereocenters. The van der Waals surface area contributed by atoms with Gasteiger partial charge in [0.15, 0.2) is 0 Å².